The van der Waals surface area contributed by atoms with Gasteiger partial charge in [0.2, 0.25) is 0 Å². The lowest BCUT2D eigenvalue weighted by Crippen LogP contribution is -2.32. The van der Waals surface area contributed by atoms with E-state index in [2.05, 4.69) is 20.1 Å². The fraction of sp³-hybridized carbons (Fsp3) is 0.333. The molecule has 0 radical (unpaired) electrons. The van der Waals surface area contributed by atoms with Crippen LogP contribution in [-0.4, -0.2) is 84.7 Å². The van der Waals surface area contributed by atoms with Crippen LogP contribution >= 0.6 is 0 Å². The van der Waals surface area contributed by atoms with Gasteiger partial charge in [0.1, 0.15) is 48.2 Å². The van der Waals surface area contributed by atoms with E-state index in [1.807, 2.05) is 36.2 Å². The lowest BCUT2D eigenvalue weighted by Gasteiger charge is -2.18. The first-order valence-corrected chi connectivity index (χ1v) is 12.8. The van der Waals surface area contributed by atoms with Crippen LogP contribution in [0.25, 0.3) is 33.2 Å². The quantitative estimate of drug-likeness (QED) is 0.263. The van der Waals surface area contributed by atoms with E-state index < -0.39 is 24.6 Å². The molecule has 0 unspecified atom stereocenters. The minimum absolute atomic E-state index is 0.0171. The molecule has 0 aliphatic carbocycles. The van der Waals surface area contributed by atoms with Gasteiger partial charge in [0, 0.05) is 50.0 Å². The maximum Gasteiger partial charge on any atom is 0.173 e. The number of rotatable bonds is 8. The molecule has 1 fully saturated rings. The van der Waals surface area contributed by atoms with Gasteiger partial charge in [-0.2, -0.15) is 5.10 Å². The molecule has 0 amide bonds. The van der Waals surface area contributed by atoms with Gasteiger partial charge in [0.25, 0.3) is 0 Å². The van der Waals surface area contributed by atoms with E-state index in [1.54, 1.807) is 36.3 Å². The third-order valence-corrected chi connectivity index (χ3v) is 7.09. The van der Waals surface area contributed by atoms with Crippen LogP contribution in [0.15, 0.2) is 55.1 Å². The summed E-state index contributed by atoms with van der Waals surface area (Å²) in [6.07, 6.45) is -0.531. The first kappa shape index (κ1) is 25.9. The number of aryl methyl sites for hydroxylation is 1. The molecule has 0 bridgehead atoms. The fourth-order valence-electron chi connectivity index (χ4n) is 4.95. The Hall–Kier alpha value is -4.33. The molecular formula is C27H29FN8O4. The van der Waals surface area contributed by atoms with Crippen LogP contribution < -0.4 is 15.4 Å². The second-order valence-corrected chi connectivity index (χ2v) is 9.76. The van der Waals surface area contributed by atoms with Gasteiger partial charge >= 0.3 is 0 Å². The van der Waals surface area contributed by atoms with E-state index in [-0.39, 0.29) is 19.0 Å². The second-order valence-electron chi connectivity index (χ2n) is 9.76. The molecule has 12 nitrogen and oxygen atoms in total. The van der Waals surface area contributed by atoms with Crippen LogP contribution in [0.5, 0.6) is 5.75 Å². The number of anilines is 2. The predicted molar refractivity (Wildman–Crippen MR) is 147 cm³/mol. The van der Waals surface area contributed by atoms with Crippen LogP contribution in [0.3, 0.4) is 0 Å². The van der Waals surface area contributed by atoms with Crippen LogP contribution in [0, 0.1) is 0 Å². The molecular weight excluding hydrogens is 519 g/mol. The average molecular weight is 549 g/mol. The smallest absolute Gasteiger partial charge is 0.173 e. The number of alkyl halides is 1. The van der Waals surface area contributed by atoms with E-state index in [4.69, 9.17) is 15.2 Å². The highest BCUT2D eigenvalue weighted by Gasteiger charge is 2.46. The molecule has 5 aromatic rings. The zero-order valence-electron chi connectivity index (χ0n) is 21.9. The van der Waals surface area contributed by atoms with Crippen LogP contribution in [0.4, 0.5) is 16.0 Å². The highest BCUT2D eigenvalue weighted by Crippen LogP contribution is 2.39. The minimum atomic E-state index is -1.75. The summed E-state index contributed by atoms with van der Waals surface area (Å²) >= 11 is 0. The lowest BCUT2D eigenvalue weighted by atomic mass is 10.1. The molecule has 4 atom stereocenters. The Morgan fingerprint density at radius 3 is 2.80 bits per heavy atom. The Kier molecular flexibility index (Phi) is 6.70. The Balaban J connectivity index is 1.23. The number of benzene rings is 1. The molecule has 6 rings (SSSR count). The molecule has 4 N–H and O–H groups in total. The van der Waals surface area contributed by atoms with E-state index in [0.717, 1.165) is 5.39 Å². The number of hydrogen-bond acceptors (Lipinski definition) is 10. The summed E-state index contributed by atoms with van der Waals surface area (Å²) < 4.78 is 30.6. The molecule has 5 heterocycles. The highest BCUT2D eigenvalue weighted by atomic mass is 19.1. The normalized spacial score (nSPS) is 20.9. The zero-order valence-corrected chi connectivity index (χ0v) is 21.9. The molecule has 208 valence electrons. The van der Waals surface area contributed by atoms with Crippen molar-refractivity contribution in [3.8, 4) is 17.0 Å². The number of nitrogens with zero attached hydrogens (tertiary/aromatic N) is 7. The number of halogens is 1. The van der Waals surface area contributed by atoms with Crippen molar-refractivity contribution in [3.63, 3.8) is 0 Å². The summed E-state index contributed by atoms with van der Waals surface area (Å²) in [6.45, 7) is 0.385. The molecule has 1 aliphatic heterocycles. The highest BCUT2D eigenvalue weighted by molar-refractivity contribution is 5.99. The van der Waals surface area contributed by atoms with Gasteiger partial charge < -0.3 is 34.9 Å². The van der Waals surface area contributed by atoms with Crippen molar-refractivity contribution in [1.82, 2.24) is 29.3 Å². The Bertz CT molecular complexity index is 1670. The van der Waals surface area contributed by atoms with E-state index in [0.29, 0.717) is 45.9 Å². The second kappa shape index (κ2) is 10.3. The van der Waals surface area contributed by atoms with Crippen LogP contribution in [0.2, 0.25) is 0 Å². The van der Waals surface area contributed by atoms with E-state index in [1.165, 1.54) is 10.9 Å². The topological polar surface area (TPSA) is 150 Å². The van der Waals surface area contributed by atoms with Gasteiger partial charge in [-0.15, -0.1) is 0 Å². The number of pyridine rings is 1. The lowest BCUT2D eigenvalue weighted by molar-refractivity contribution is -0.0410. The van der Waals surface area contributed by atoms with Crippen molar-refractivity contribution in [2.75, 3.05) is 37.4 Å². The van der Waals surface area contributed by atoms with Gasteiger partial charge in [-0.3, -0.25) is 4.68 Å². The third kappa shape index (κ3) is 4.57. The molecule has 0 spiro atoms. The first-order chi connectivity index (χ1) is 19.3. The summed E-state index contributed by atoms with van der Waals surface area (Å²) in [7, 11) is 3.64. The Morgan fingerprint density at radius 2 is 2.02 bits per heavy atom. The number of nitrogens with two attached hydrogens (primary N) is 1. The molecule has 1 aromatic carbocycles. The summed E-state index contributed by atoms with van der Waals surface area (Å²) in [6, 6.07) is 11.1. The minimum Gasteiger partial charge on any atom is -0.491 e. The van der Waals surface area contributed by atoms with Crippen LogP contribution in [-0.2, 0) is 11.8 Å². The van der Waals surface area contributed by atoms with Gasteiger partial charge in [0.15, 0.2) is 12.4 Å². The monoisotopic (exact) mass is 548 g/mol. The summed E-state index contributed by atoms with van der Waals surface area (Å²) in [4.78, 5) is 14.9. The number of ether oxygens (including phenoxy) is 2. The summed E-state index contributed by atoms with van der Waals surface area (Å²) in [5.41, 5.74) is 8.50. The molecule has 13 heteroatoms. The summed E-state index contributed by atoms with van der Waals surface area (Å²) in [5.74, 6) is 1.44. The maximum absolute atomic E-state index is 15.5. The average Bonchev–Trinajstić information content (AvgIpc) is 3.63. The molecule has 40 heavy (non-hydrogen) atoms. The number of aromatic nitrogens is 6. The van der Waals surface area contributed by atoms with Crippen molar-refractivity contribution < 1.29 is 24.1 Å². The Labute approximate surface area is 228 Å². The number of fused-ring (bicyclic) bond motifs is 2. The standard InChI is InChI=1S/C27H29FN8O4/c1-34(9-10-37)21-6-4-15-3-5-16(11-19(15)32-21)39-13-20-24(38)23(28)27(40-20)36-12-17(18-7-8-35(2)33-18)22-25(29)30-14-31-26(22)36/h3-8,11-12,14,20,23-24,27,37-38H,9-10,13H2,1-2H3,(H2,29,30,31)/t20-,23+,24-,27-/m1/s1. The van der Waals surface area contributed by atoms with Crippen molar-refractivity contribution >= 4 is 33.6 Å². The fourth-order valence-corrected chi connectivity index (χ4v) is 4.95. The van der Waals surface area contributed by atoms with Gasteiger partial charge in [-0.25, -0.2) is 19.3 Å². The van der Waals surface area contributed by atoms with Gasteiger partial charge in [-0.1, -0.05) is 0 Å². The molecule has 1 aliphatic rings. The van der Waals surface area contributed by atoms with E-state index in [9.17, 15) is 10.2 Å². The number of likely N-dealkylation sites (N-methyl/N-ethyl adjacent to an activating group) is 1. The van der Waals surface area contributed by atoms with Crippen molar-refractivity contribution in [2.45, 2.75) is 24.6 Å². The van der Waals surface area contributed by atoms with Gasteiger partial charge in [-0.05, 0) is 30.3 Å². The van der Waals surface area contributed by atoms with E-state index >= 15 is 4.39 Å². The SMILES string of the molecule is CN(CCO)c1ccc2ccc(OC[C@H]3O[C@@H](n4cc(-c5ccn(C)n5)c5c(N)ncnc54)[C@@H](F)[C@@H]3O)cc2n1. The third-order valence-electron chi connectivity index (χ3n) is 7.09. The van der Waals surface area contributed by atoms with Crippen LogP contribution in [0.1, 0.15) is 6.23 Å². The largest absolute Gasteiger partial charge is 0.491 e. The molecule has 0 saturated carbocycles. The first-order valence-electron chi connectivity index (χ1n) is 12.8. The number of nitrogen functional groups attached to an aromatic ring is 1. The van der Waals surface area contributed by atoms with Crippen molar-refractivity contribution in [2.24, 2.45) is 7.05 Å². The number of hydrogen-bond donors (Lipinski definition) is 3. The number of aliphatic hydroxyl groups is 2. The predicted octanol–water partition coefficient (Wildman–Crippen LogP) is 2.07. The molecule has 4 aromatic heterocycles. The summed E-state index contributed by atoms with van der Waals surface area (Å²) in [5, 5.41) is 25.8. The van der Waals surface area contributed by atoms with Crippen molar-refractivity contribution in [3.05, 3.63) is 55.1 Å². The van der Waals surface area contributed by atoms with Crippen molar-refractivity contribution in [1.29, 1.82) is 0 Å². The Morgan fingerprint density at radius 1 is 1.20 bits per heavy atom. The molecule has 1 saturated heterocycles. The maximum atomic E-state index is 15.5. The van der Waals surface area contributed by atoms with Gasteiger partial charge in [0.05, 0.1) is 23.2 Å². The zero-order chi connectivity index (χ0) is 28.0. The number of aliphatic hydroxyl groups excluding tert-OH is 2.